The summed E-state index contributed by atoms with van der Waals surface area (Å²) in [6.07, 6.45) is 7.42. The molecule has 2 aromatic rings. The molecule has 0 saturated carbocycles. The van der Waals surface area contributed by atoms with Gasteiger partial charge in [0.05, 0.1) is 5.41 Å². The number of benzene rings is 2. The van der Waals surface area contributed by atoms with Gasteiger partial charge in [0, 0.05) is 0 Å². The minimum atomic E-state index is -0.671. The van der Waals surface area contributed by atoms with E-state index in [4.69, 9.17) is 5.73 Å². The van der Waals surface area contributed by atoms with Crippen LogP contribution in [0.5, 0.6) is 0 Å². The number of allylic oxidation sites excluding steroid dienone is 2. The number of hydrogen-bond donors (Lipinski definition) is 1. The summed E-state index contributed by atoms with van der Waals surface area (Å²) in [7, 11) is 0. The summed E-state index contributed by atoms with van der Waals surface area (Å²) in [6.45, 7) is 7.35. The maximum absolute atomic E-state index is 12.9. The molecule has 2 N–H and O–H groups in total. The largest absolute Gasteiger partial charge is 0.369 e. The van der Waals surface area contributed by atoms with Crippen LogP contribution in [0.15, 0.2) is 54.1 Å². The number of likely N-dealkylation sites (tertiary alicyclic amines) is 1. The molecule has 1 aliphatic rings. The van der Waals surface area contributed by atoms with Gasteiger partial charge in [0.25, 0.3) is 0 Å². The molecule has 0 spiro atoms. The van der Waals surface area contributed by atoms with Crippen molar-refractivity contribution in [3.05, 3.63) is 59.7 Å². The first-order valence-electron chi connectivity index (χ1n) is 10.2. The van der Waals surface area contributed by atoms with Crippen molar-refractivity contribution in [1.29, 1.82) is 0 Å². The van der Waals surface area contributed by atoms with Crippen LogP contribution in [0.3, 0.4) is 0 Å². The van der Waals surface area contributed by atoms with Crippen molar-refractivity contribution in [2.75, 3.05) is 19.6 Å². The van der Waals surface area contributed by atoms with Gasteiger partial charge in [0.2, 0.25) is 5.91 Å². The van der Waals surface area contributed by atoms with E-state index in [1.165, 1.54) is 24.8 Å². The third kappa shape index (κ3) is 4.41. The summed E-state index contributed by atoms with van der Waals surface area (Å²) in [5.41, 5.74) is 7.73. The highest BCUT2D eigenvalue weighted by Crippen LogP contribution is 2.37. The molecule has 1 atom stereocenters. The van der Waals surface area contributed by atoms with Gasteiger partial charge in [0.15, 0.2) is 0 Å². The maximum atomic E-state index is 12.9. The highest BCUT2D eigenvalue weighted by molar-refractivity contribution is 5.95. The van der Waals surface area contributed by atoms with Crippen LogP contribution >= 0.6 is 0 Å². The van der Waals surface area contributed by atoms with Crippen LogP contribution in [-0.4, -0.2) is 30.4 Å². The molecule has 3 rings (SSSR count). The number of nitrogens with zero attached hydrogens (tertiary/aromatic N) is 1. The van der Waals surface area contributed by atoms with E-state index >= 15 is 0 Å². The molecule has 1 saturated heterocycles. The molecule has 0 aromatic heterocycles. The van der Waals surface area contributed by atoms with E-state index in [-0.39, 0.29) is 5.91 Å². The summed E-state index contributed by atoms with van der Waals surface area (Å²) < 4.78 is 0. The second-order valence-electron chi connectivity index (χ2n) is 8.11. The Balaban J connectivity index is 2.03. The van der Waals surface area contributed by atoms with Crippen LogP contribution in [0.4, 0.5) is 0 Å². The molecule has 1 heterocycles. The zero-order valence-corrected chi connectivity index (χ0v) is 16.7. The van der Waals surface area contributed by atoms with E-state index in [1.807, 2.05) is 12.1 Å². The molecule has 1 unspecified atom stereocenters. The second kappa shape index (κ2) is 8.71. The smallest absolute Gasteiger partial charge is 0.228 e. The van der Waals surface area contributed by atoms with Crippen LogP contribution < -0.4 is 5.73 Å². The van der Waals surface area contributed by atoms with E-state index in [2.05, 4.69) is 55.2 Å². The van der Waals surface area contributed by atoms with Crippen LogP contribution in [-0.2, 0) is 10.2 Å². The van der Waals surface area contributed by atoms with Gasteiger partial charge in [-0.2, -0.15) is 0 Å². The van der Waals surface area contributed by atoms with E-state index in [0.717, 1.165) is 42.4 Å². The highest BCUT2D eigenvalue weighted by atomic mass is 16.1. The SMILES string of the molecule is CC(C)=CCC(CCN1CCCCC1)(C(N)=O)c1cccc2ccccc12. The number of nitrogens with two attached hydrogens (primary N) is 1. The Bertz CT molecular complexity index is 811. The van der Waals surface area contributed by atoms with Crippen LogP contribution in [0.25, 0.3) is 10.8 Å². The highest BCUT2D eigenvalue weighted by Gasteiger charge is 2.39. The third-order valence-corrected chi connectivity index (χ3v) is 5.94. The molecule has 0 bridgehead atoms. The van der Waals surface area contributed by atoms with Crippen LogP contribution in [0.2, 0.25) is 0 Å². The summed E-state index contributed by atoms with van der Waals surface area (Å²) in [4.78, 5) is 15.4. The lowest BCUT2D eigenvalue weighted by molar-refractivity contribution is -0.123. The van der Waals surface area contributed by atoms with Crippen molar-refractivity contribution in [3.63, 3.8) is 0 Å². The molecule has 1 aliphatic heterocycles. The minimum absolute atomic E-state index is 0.214. The second-order valence-corrected chi connectivity index (χ2v) is 8.11. The normalized spacial score (nSPS) is 17.4. The Kier molecular flexibility index (Phi) is 6.33. The third-order valence-electron chi connectivity index (χ3n) is 5.94. The Morgan fingerprint density at radius 3 is 2.48 bits per heavy atom. The molecule has 144 valence electrons. The number of carbonyl (C=O) groups is 1. The molecular weight excluding hydrogens is 332 g/mol. The summed E-state index contributed by atoms with van der Waals surface area (Å²) in [5.74, 6) is -0.214. The van der Waals surface area contributed by atoms with Crippen molar-refractivity contribution in [2.45, 2.75) is 51.4 Å². The first kappa shape index (κ1) is 19.6. The van der Waals surface area contributed by atoms with Gasteiger partial charge in [-0.25, -0.2) is 0 Å². The monoisotopic (exact) mass is 364 g/mol. The average Bonchev–Trinajstić information content (AvgIpc) is 2.68. The number of fused-ring (bicyclic) bond motifs is 1. The fraction of sp³-hybridized carbons (Fsp3) is 0.458. The van der Waals surface area contributed by atoms with E-state index in [0.29, 0.717) is 6.42 Å². The molecule has 0 radical (unpaired) electrons. The van der Waals surface area contributed by atoms with Gasteiger partial charge < -0.3 is 10.6 Å². The lowest BCUT2D eigenvalue weighted by Gasteiger charge is -2.35. The molecule has 3 heteroatoms. The van der Waals surface area contributed by atoms with Crippen molar-refractivity contribution in [2.24, 2.45) is 5.73 Å². The van der Waals surface area contributed by atoms with Crippen molar-refractivity contribution >= 4 is 16.7 Å². The van der Waals surface area contributed by atoms with E-state index in [1.54, 1.807) is 0 Å². The van der Waals surface area contributed by atoms with Crippen molar-refractivity contribution in [3.8, 4) is 0 Å². The van der Waals surface area contributed by atoms with Gasteiger partial charge in [-0.1, -0.05) is 60.5 Å². The van der Waals surface area contributed by atoms with Gasteiger partial charge in [-0.3, -0.25) is 4.79 Å². The number of piperidine rings is 1. The molecular formula is C24H32N2O. The van der Waals surface area contributed by atoms with Gasteiger partial charge in [0.1, 0.15) is 0 Å². The van der Waals surface area contributed by atoms with Crippen LogP contribution in [0, 0.1) is 0 Å². The Hall–Kier alpha value is -2.13. The first-order chi connectivity index (χ1) is 13.0. The Morgan fingerprint density at radius 1 is 1.07 bits per heavy atom. The van der Waals surface area contributed by atoms with Crippen molar-refractivity contribution < 1.29 is 4.79 Å². The number of rotatable bonds is 7. The zero-order valence-electron chi connectivity index (χ0n) is 16.7. The molecule has 1 fully saturated rings. The number of carbonyl (C=O) groups excluding carboxylic acids is 1. The zero-order chi connectivity index (χ0) is 19.3. The van der Waals surface area contributed by atoms with Gasteiger partial charge >= 0.3 is 0 Å². The number of primary amides is 1. The van der Waals surface area contributed by atoms with E-state index < -0.39 is 5.41 Å². The summed E-state index contributed by atoms with van der Waals surface area (Å²) in [6, 6.07) is 14.6. The summed E-state index contributed by atoms with van der Waals surface area (Å²) in [5, 5.41) is 2.30. The topological polar surface area (TPSA) is 46.3 Å². The quantitative estimate of drug-likeness (QED) is 0.718. The average molecular weight is 365 g/mol. The first-order valence-corrected chi connectivity index (χ1v) is 10.2. The Labute approximate surface area is 163 Å². The molecule has 1 amide bonds. The number of amides is 1. The fourth-order valence-electron chi connectivity index (χ4n) is 4.26. The van der Waals surface area contributed by atoms with Crippen molar-refractivity contribution in [1.82, 2.24) is 4.90 Å². The Morgan fingerprint density at radius 2 is 1.78 bits per heavy atom. The number of hydrogen-bond acceptors (Lipinski definition) is 2. The fourth-order valence-corrected chi connectivity index (χ4v) is 4.26. The van der Waals surface area contributed by atoms with Gasteiger partial charge in [-0.15, -0.1) is 0 Å². The standard InChI is InChI=1S/C24H32N2O/c1-19(2)13-14-24(23(25)27,15-18-26-16-6-3-7-17-26)22-12-8-10-20-9-4-5-11-21(20)22/h4-5,8-13H,3,6-7,14-18H2,1-2H3,(H2,25,27). The maximum Gasteiger partial charge on any atom is 0.228 e. The molecule has 0 aliphatic carbocycles. The van der Waals surface area contributed by atoms with Gasteiger partial charge in [-0.05, 0) is 75.5 Å². The summed E-state index contributed by atoms with van der Waals surface area (Å²) >= 11 is 0. The molecule has 3 nitrogen and oxygen atoms in total. The van der Waals surface area contributed by atoms with E-state index in [9.17, 15) is 4.79 Å². The lowest BCUT2D eigenvalue weighted by Crippen LogP contribution is -2.44. The lowest BCUT2D eigenvalue weighted by atomic mass is 9.72. The van der Waals surface area contributed by atoms with Crippen LogP contribution in [0.1, 0.15) is 51.5 Å². The minimum Gasteiger partial charge on any atom is -0.369 e. The predicted molar refractivity (Wildman–Crippen MR) is 114 cm³/mol. The molecule has 27 heavy (non-hydrogen) atoms. The predicted octanol–water partition coefficient (Wildman–Crippen LogP) is 4.80. The molecule has 2 aromatic carbocycles.